The van der Waals surface area contributed by atoms with Crippen LogP contribution in [-0.4, -0.2) is 38.5 Å². The van der Waals surface area contributed by atoms with E-state index in [-0.39, 0.29) is 25.1 Å². The van der Waals surface area contributed by atoms with Crippen molar-refractivity contribution in [2.24, 2.45) is 0 Å². The van der Waals surface area contributed by atoms with E-state index in [4.69, 9.17) is 4.74 Å². The fourth-order valence-corrected chi connectivity index (χ4v) is 7.33. The van der Waals surface area contributed by atoms with Gasteiger partial charge in [-0.3, -0.25) is 0 Å². The minimum Gasteiger partial charge on any atom is -0.493 e. The predicted molar refractivity (Wildman–Crippen MR) is 164 cm³/mol. The van der Waals surface area contributed by atoms with Crippen LogP contribution in [0.25, 0.3) is 6.08 Å². The summed E-state index contributed by atoms with van der Waals surface area (Å²) in [4.78, 5) is 0. The minimum atomic E-state index is -3.99. The first kappa shape index (κ1) is 28.0. The zero-order valence-electron chi connectivity index (χ0n) is 23.2. The molecule has 0 bridgehead atoms. The quantitative estimate of drug-likeness (QED) is 0.303. The maximum Gasteiger partial charge on any atom is 0.332 e. The van der Waals surface area contributed by atoms with Gasteiger partial charge in [-0.25, -0.2) is 8.61 Å². The number of hydrogen-bond donors (Lipinski definition) is 2. The van der Waals surface area contributed by atoms with E-state index in [1.165, 1.54) is 17.3 Å². The molecule has 3 aromatic carbocycles. The molecule has 0 aliphatic carbocycles. The first-order valence-corrected chi connectivity index (χ1v) is 18.7. The monoisotopic (exact) mass is 575 g/mol. The third-order valence-corrected chi connectivity index (χ3v) is 10.6. The fraction of sp³-hybridized carbons (Fsp3) is 0.290. The van der Waals surface area contributed by atoms with Crippen molar-refractivity contribution in [3.05, 3.63) is 113 Å². The van der Waals surface area contributed by atoms with Crippen LogP contribution >= 0.6 is 0 Å². The molecule has 0 amide bonds. The summed E-state index contributed by atoms with van der Waals surface area (Å²) in [6.07, 6.45) is 6.35. The maximum absolute atomic E-state index is 13.5. The summed E-state index contributed by atoms with van der Waals surface area (Å²) in [6.45, 7) is 7.89. The second-order valence-electron chi connectivity index (χ2n) is 11.5. The molecule has 7 nitrogen and oxygen atoms in total. The van der Waals surface area contributed by atoms with E-state index in [1.807, 2.05) is 48.5 Å². The van der Waals surface area contributed by atoms with Crippen molar-refractivity contribution >= 4 is 30.0 Å². The van der Waals surface area contributed by atoms with Crippen molar-refractivity contribution in [1.82, 2.24) is 9.62 Å². The third-order valence-electron chi connectivity index (χ3n) is 7.17. The van der Waals surface area contributed by atoms with Gasteiger partial charge in [-0.15, -0.1) is 0 Å². The van der Waals surface area contributed by atoms with Gasteiger partial charge >= 0.3 is 10.2 Å². The summed E-state index contributed by atoms with van der Waals surface area (Å²) < 4.78 is 35.5. The number of rotatable bonds is 9. The topological polar surface area (TPSA) is 82.1 Å². The molecule has 3 aromatic rings. The fourth-order valence-electron chi connectivity index (χ4n) is 4.83. The molecular weight excluding hydrogens is 539 g/mol. The Labute approximate surface area is 238 Å². The van der Waals surface area contributed by atoms with Gasteiger partial charge in [-0.2, -0.15) is 8.42 Å². The highest BCUT2D eigenvalue weighted by molar-refractivity contribution is 7.91. The average molecular weight is 576 g/mol. The Bertz CT molecular complexity index is 1520. The molecule has 2 aliphatic heterocycles. The number of nitrogens with zero attached hydrogens (tertiary/aromatic N) is 2. The van der Waals surface area contributed by atoms with E-state index in [1.54, 1.807) is 6.07 Å². The van der Waals surface area contributed by atoms with Crippen LogP contribution in [0.2, 0.25) is 25.7 Å². The van der Waals surface area contributed by atoms with Crippen LogP contribution in [0.1, 0.15) is 22.3 Å². The SMILES string of the molecule is C[Si](C)(C)CCN1C(O)=CN(c2ccc(C=C[C@@H]3Cc4ccccc4CN3)cc2OCc2ccccc2)S1(=O)=O. The van der Waals surface area contributed by atoms with Crippen molar-refractivity contribution in [3.8, 4) is 5.75 Å². The van der Waals surface area contributed by atoms with Crippen LogP contribution in [0, 0.1) is 0 Å². The molecule has 2 aliphatic rings. The van der Waals surface area contributed by atoms with Gasteiger partial charge in [0.25, 0.3) is 0 Å². The third kappa shape index (κ3) is 6.43. The molecule has 40 heavy (non-hydrogen) atoms. The number of aliphatic hydroxyl groups is 1. The summed E-state index contributed by atoms with van der Waals surface area (Å²) in [5, 5.41) is 14.2. The van der Waals surface area contributed by atoms with Crippen LogP contribution < -0.4 is 14.4 Å². The van der Waals surface area contributed by atoms with E-state index >= 15 is 0 Å². The number of aliphatic hydroxyl groups excluding tert-OH is 1. The summed E-state index contributed by atoms with van der Waals surface area (Å²) in [7, 11) is -5.52. The highest BCUT2D eigenvalue weighted by atomic mass is 32.2. The Balaban J connectivity index is 1.41. The second-order valence-corrected chi connectivity index (χ2v) is 18.8. The molecule has 2 heterocycles. The van der Waals surface area contributed by atoms with E-state index in [0.29, 0.717) is 11.4 Å². The van der Waals surface area contributed by atoms with E-state index in [9.17, 15) is 13.5 Å². The lowest BCUT2D eigenvalue weighted by molar-refractivity contribution is 0.294. The Hall–Kier alpha value is -3.53. The summed E-state index contributed by atoms with van der Waals surface area (Å²) >= 11 is 0. The highest BCUT2D eigenvalue weighted by Gasteiger charge is 2.39. The lowest BCUT2D eigenvalue weighted by Crippen LogP contribution is -2.37. The summed E-state index contributed by atoms with van der Waals surface area (Å²) in [5.41, 5.74) is 4.91. The van der Waals surface area contributed by atoms with Gasteiger partial charge in [0, 0.05) is 27.2 Å². The molecule has 0 spiro atoms. The molecule has 2 N–H and O–H groups in total. The van der Waals surface area contributed by atoms with Gasteiger partial charge in [0.05, 0.1) is 6.20 Å². The maximum atomic E-state index is 13.5. The van der Waals surface area contributed by atoms with E-state index in [0.717, 1.165) is 38.7 Å². The molecule has 0 aromatic heterocycles. The zero-order chi connectivity index (χ0) is 28.3. The Morgan fingerprint density at radius 1 is 1.02 bits per heavy atom. The molecule has 210 valence electrons. The molecule has 0 unspecified atom stereocenters. The second kappa shape index (κ2) is 11.5. The molecule has 9 heteroatoms. The van der Waals surface area contributed by atoms with E-state index < -0.39 is 18.3 Å². The molecule has 5 rings (SSSR count). The largest absolute Gasteiger partial charge is 0.493 e. The number of nitrogens with one attached hydrogen (secondary N) is 1. The Morgan fingerprint density at radius 2 is 1.75 bits per heavy atom. The Kier molecular flexibility index (Phi) is 8.07. The highest BCUT2D eigenvalue weighted by Crippen LogP contribution is 2.38. The van der Waals surface area contributed by atoms with Gasteiger partial charge in [0.15, 0.2) is 0 Å². The number of benzene rings is 3. The van der Waals surface area contributed by atoms with Gasteiger partial charge in [-0.05, 0) is 46.9 Å². The minimum absolute atomic E-state index is 0.196. The number of hydrogen-bond acceptors (Lipinski definition) is 5. The number of fused-ring (bicyclic) bond motifs is 1. The smallest absolute Gasteiger partial charge is 0.332 e. The predicted octanol–water partition coefficient (Wildman–Crippen LogP) is 6.06. The van der Waals surface area contributed by atoms with Crippen LogP contribution in [0.5, 0.6) is 5.75 Å². The average Bonchev–Trinajstić information content (AvgIpc) is 3.16. The van der Waals surface area contributed by atoms with Crippen LogP contribution in [0.15, 0.2) is 91.0 Å². The van der Waals surface area contributed by atoms with Crippen molar-refractivity contribution in [2.45, 2.75) is 51.3 Å². The molecular formula is C31H37N3O4SSi. The lowest BCUT2D eigenvalue weighted by Gasteiger charge is -2.25. The standard InChI is InChI=1S/C31H37N3O4SSi/c1-40(2,3)18-17-33-31(35)22-34(39(33,36)37)29-16-14-24(19-30(29)38-23-25-9-5-4-6-10-25)13-15-28-20-26-11-7-8-12-27(26)21-32-28/h4-16,19,22,28,32,35H,17-18,20-21,23H2,1-3H3/t28-/m1/s1. The first-order valence-electron chi connectivity index (χ1n) is 13.6. The lowest BCUT2D eigenvalue weighted by atomic mass is 9.95. The first-order chi connectivity index (χ1) is 19.1. The van der Waals surface area contributed by atoms with Crippen LogP contribution in [0.3, 0.4) is 0 Å². The van der Waals surface area contributed by atoms with Crippen LogP contribution in [-0.2, 0) is 29.8 Å². The van der Waals surface area contributed by atoms with Gasteiger partial charge in [-0.1, -0.05) is 92.5 Å². The van der Waals surface area contributed by atoms with E-state index in [2.05, 4.69) is 55.3 Å². The molecule has 1 atom stereocenters. The molecule has 0 fully saturated rings. The van der Waals surface area contributed by atoms with Crippen molar-refractivity contribution in [1.29, 1.82) is 0 Å². The van der Waals surface area contributed by atoms with Crippen molar-refractivity contribution < 1.29 is 18.3 Å². The van der Waals surface area contributed by atoms with Gasteiger partial charge in [0.1, 0.15) is 18.0 Å². The molecule has 0 radical (unpaired) electrons. The van der Waals surface area contributed by atoms with Gasteiger partial charge in [0.2, 0.25) is 5.88 Å². The van der Waals surface area contributed by atoms with Gasteiger partial charge < -0.3 is 15.2 Å². The normalized spacial score (nSPS) is 18.6. The molecule has 0 saturated heterocycles. The van der Waals surface area contributed by atoms with Crippen molar-refractivity contribution in [2.75, 3.05) is 10.8 Å². The number of anilines is 1. The number of ether oxygens (including phenoxy) is 1. The molecule has 0 saturated carbocycles. The zero-order valence-corrected chi connectivity index (χ0v) is 25.1. The van der Waals surface area contributed by atoms with Crippen LogP contribution in [0.4, 0.5) is 5.69 Å². The summed E-state index contributed by atoms with van der Waals surface area (Å²) in [5.74, 6) is 0.146. The Morgan fingerprint density at radius 3 is 2.50 bits per heavy atom. The summed E-state index contributed by atoms with van der Waals surface area (Å²) in [6, 6.07) is 24.6. The van der Waals surface area contributed by atoms with Crippen molar-refractivity contribution in [3.63, 3.8) is 0 Å².